The van der Waals surface area contributed by atoms with Crippen LogP contribution in [0.2, 0.25) is 0 Å². The van der Waals surface area contributed by atoms with E-state index in [1.54, 1.807) is 30.5 Å². The monoisotopic (exact) mass is 283 g/mol. The summed E-state index contributed by atoms with van der Waals surface area (Å²) in [6.45, 7) is 0.410. The SMILES string of the molecule is N#Cc1cccnc1N1CC(O)CC1c1ccc(F)cc1. The number of aliphatic hydroxyl groups is 1. The summed E-state index contributed by atoms with van der Waals surface area (Å²) in [6, 6.07) is 11.7. The smallest absolute Gasteiger partial charge is 0.147 e. The molecule has 106 valence electrons. The van der Waals surface area contributed by atoms with E-state index < -0.39 is 6.10 Å². The summed E-state index contributed by atoms with van der Waals surface area (Å²) in [6.07, 6.45) is 1.67. The maximum atomic E-state index is 13.1. The average Bonchev–Trinajstić information content (AvgIpc) is 2.89. The van der Waals surface area contributed by atoms with E-state index in [0.717, 1.165) is 5.56 Å². The van der Waals surface area contributed by atoms with Gasteiger partial charge in [0, 0.05) is 12.7 Å². The lowest BCUT2D eigenvalue weighted by atomic mass is 10.0. The van der Waals surface area contributed by atoms with Gasteiger partial charge in [-0.2, -0.15) is 5.26 Å². The second-order valence-corrected chi connectivity index (χ2v) is 5.10. The van der Waals surface area contributed by atoms with Crippen LogP contribution in [0.5, 0.6) is 0 Å². The van der Waals surface area contributed by atoms with E-state index in [-0.39, 0.29) is 11.9 Å². The van der Waals surface area contributed by atoms with Crippen LogP contribution in [0.1, 0.15) is 23.6 Å². The Kier molecular flexibility index (Phi) is 3.55. The van der Waals surface area contributed by atoms with E-state index in [4.69, 9.17) is 0 Å². The number of hydrogen-bond donors (Lipinski definition) is 1. The van der Waals surface area contributed by atoms with Gasteiger partial charge >= 0.3 is 0 Å². The number of pyridine rings is 1. The van der Waals surface area contributed by atoms with E-state index in [1.807, 2.05) is 4.90 Å². The second kappa shape index (κ2) is 5.51. The third-order valence-electron chi connectivity index (χ3n) is 3.71. The van der Waals surface area contributed by atoms with Crippen LogP contribution in [0.4, 0.5) is 10.2 Å². The minimum Gasteiger partial charge on any atom is -0.391 e. The van der Waals surface area contributed by atoms with Crippen LogP contribution < -0.4 is 4.90 Å². The molecule has 21 heavy (non-hydrogen) atoms. The molecule has 0 amide bonds. The minimum absolute atomic E-state index is 0.109. The topological polar surface area (TPSA) is 60.2 Å². The van der Waals surface area contributed by atoms with Gasteiger partial charge < -0.3 is 10.0 Å². The Balaban J connectivity index is 2.00. The summed E-state index contributed by atoms with van der Waals surface area (Å²) in [5.74, 6) is 0.269. The third-order valence-corrected chi connectivity index (χ3v) is 3.71. The average molecular weight is 283 g/mol. The van der Waals surface area contributed by atoms with Gasteiger partial charge in [0.2, 0.25) is 0 Å². The van der Waals surface area contributed by atoms with Crippen molar-refractivity contribution in [3.8, 4) is 6.07 Å². The van der Waals surface area contributed by atoms with Gasteiger partial charge in [-0.15, -0.1) is 0 Å². The number of aromatic nitrogens is 1. The van der Waals surface area contributed by atoms with Crippen molar-refractivity contribution in [1.82, 2.24) is 4.98 Å². The maximum Gasteiger partial charge on any atom is 0.147 e. The number of nitriles is 1. The molecule has 0 saturated carbocycles. The number of benzene rings is 1. The van der Waals surface area contributed by atoms with Gasteiger partial charge in [0.15, 0.2) is 0 Å². The Morgan fingerprint density at radius 3 is 2.76 bits per heavy atom. The summed E-state index contributed by atoms with van der Waals surface area (Å²) in [4.78, 5) is 6.19. The quantitative estimate of drug-likeness (QED) is 0.919. The fourth-order valence-corrected chi connectivity index (χ4v) is 2.76. The number of hydrogen-bond acceptors (Lipinski definition) is 4. The molecule has 0 bridgehead atoms. The van der Waals surface area contributed by atoms with E-state index in [1.165, 1.54) is 12.1 Å². The lowest BCUT2D eigenvalue weighted by Crippen LogP contribution is -2.26. The highest BCUT2D eigenvalue weighted by atomic mass is 19.1. The van der Waals surface area contributed by atoms with Crippen molar-refractivity contribution in [2.24, 2.45) is 0 Å². The highest BCUT2D eigenvalue weighted by Gasteiger charge is 2.34. The molecule has 2 atom stereocenters. The fourth-order valence-electron chi connectivity index (χ4n) is 2.76. The van der Waals surface area contributed by atoms with Crippen LogP contribution >= 0.6 is 0 Å². The molecular weight excluding hydrogens is 269 g/mol. The Labute approximate surface area is 122 Å². The van der Waals surface area contributed by atoms with Gasteiger partial charge in [-0.3, -0.25) is 0 Å². The first kappa shape index (κ1) is 13.5. The third kappa shape index (κ3) is 2.58. The largest absolute Gasteiger partial charge is 0.391 e. The number of anilines is 1. The molecule has 1 aromatic heterocycles. The zero-order chi connectivity index (χ0) is 14.8. The van der Waals surface area contributed by atoms with Crippen molar-refractivity contribution in [2.45, 2.75) is 18.6 Å². The van der Waals surface area contributed by atoms with Crippen molar-refractivity contribution < 1.29 is 9.50 Å². The highest BCUT2D eigenvalue weighted by Crippen LogP contribution is 2.36. The first-order valence-electron chi connectivity index (χ1n) is 6.74. The molecule has 1 fully saturated rings. The normalized spacial score (nSPS) is 21.3. The molecule has 2 unspecified atom stereocenters. The Morgan fingerprint density at radius 2 is 2.05 bits per heavy atom. The van der Waals surface area contributed by atoms with Crippen LogP contribution in [0.25, 0.3) is 0 Å². The van der Waals surface area contributed by atoms with Crippen molar-refractivity contribution in [3.05, 3.63) is 59.5 Å². The van der Waals surface area contributed by atoms with Crippen molar-refractivity contribution in [1.29, 1.82) is 5.26 Å². The molecule has 0 radical (unpaired) electrons. The lowest BCUT2D eigenvalue weighted by molar-refractivity contribution is 0.194. The number of aliphatic hydroxyl groups excluding tert-OH is 1. The second-order valence-electron chi connectivity index (χ2n) is 5.10. The molecule has 3 rings (SSSR count). The maximum absolute atomic E-state index is 13.1. The first-order chi connectivity index (χ1) is 10.2. The summed E-state index contributed by atoms with van der Waals surface area (Å²) in [5.41, 5.74) is 1.38. The van der Waals surface area contributed by atoms with Gasteiger partial charge in [-0.25, -0.2) is 9.37 Å². The summed E-state index contributed by atoms with van der Waals surface area (Å²) in [5, 5.41) is 19.2. The van der Waals surface area contributed by atoms with Crippen molar-refractivity contribution >= 4 is 5.82 Å². The predicted molar refractivity (Wildman–Crippen MR) is 76.1 cm³/mol. The molecule has 1 N–H and O–H groups in total. The number of rotatable bonds is 2. The summed E-state index contributed by atoms with van der Waals surface area (Å²) >= 11 is 0. The van der Waals surface area contributed by atoms with Crippen LogP contribution in [0.15, 0.2) is 42.6 Å². The van der Waals surface area contributed by atoms with Crippen LogP contribution in [-0.2, 0) is 0 Å². The van der Waals surface area contributed by atoms with Crippen LogP contribution in [-0.4, -0.2) is 22.7 Å². The standard InChI is InChI=1S/C16H14FN3O/c17-13-5-3-11(4-6-13)15-8-14(21)10-20(15)16-12(9-18)2-1-7-19-16/h1-7,14-15,21H,8,10H2. The first-order valence-corrected chi connectivity index (χ1v) is 6.74. The predicted octanol–water partition coefficient (Wildman–Crippen LogP) is 2.40. The lowest BCUT2D eigenvalue weighted by Gasteiger charge is -2.26. The molecular formula is C16H14FN3O. The van der Waals surface area contributed by atoms with Gasteiger partial charge in [-0.05, 0) is 36.2 Å². The number of halogens is 1. The molecule has 2 heterocycles. The Hall–Kier alpha value is -2.45. The Bertz CT molecular complexity index is 681. The van der Waals surface area contributed by atoms with Crippen molar-refractivity contribution in [2.75, 3.05) is 11.4 Å². The molecule has 0 aliphatic carbocycles. The molecule has 1 aromatic carbocycles. The highest BCUT2D eigenvalue weighted by molar-refractivity contribution is 5.56. The van der Waals surface area contributed by atoms with Gasteiger partial charge in [0.1, 0.15) is 17.7 Å². The van der Waals surface area contributed by atoms with Gasteiger partial charge in [0.05, 0.1) is 17.7 Å². The zero-order valence-corrected chi connectivity index (χ0v) is 11.3. The van der Waals surface area contributed by atoms with E-state index in [9.17, 15) is 14.8 Å². The van der Waals surface area contributed by atoms with Gasteiger partial charge in [0.25, 0.3) is 0 Å². The molecule has 1 aliphatic heterocycles. The van der Waals surface area contributed by atoms with E-state index in [2.05, 4.69) is 11.1 Å². The zero-order valence-electron chi connectivity index (χ0n) is 11.3. The molecule has 2 aromatic rings. The minimum atomic E-state index is -0.492. The molecule has 5 heteroatoms. The summed E-state index contributed by atoms with van der Waals surface area (Å²) < 4.78 is 13.1. The molecule has 0 spiro atoms. The number of nitrogens with zero attached hydrogens (tertiary/aromatic N) is 3. The van der Waals surface area contributed by atoms with Crippen LogP contribution in [0, 0.1) is 17.1 Å². The molecule has 4 nitrogen and oxygen atoms in total. The van der Waals surface area contributed by atoms with E-state index in [0.29, 0.717) is 24.3 Å². The van der Waals surface area contributed by atoms with Crippen LogP contribution in [0.3, 0.4) is 0 Å². The van der Waals surface area contributed by atoms with Crippen molar-refractivity contribution in [3.63, 3.8) is 0 Å². The molecule has 1 saturated heterocycles. The number of β-amino-alcohol motifs (C(OH)–C–C–N with tert-alkyl or cyclic N) is 1. The molecule has 1 aliphatic rings. The fraction of sp³-hybridized carbons (Fsp3) is 0.250. The Morgan fingerprint density at radius 1 is 1.29 bits per heavy atom. The van der Waals surface area contributed by atoms with E-state index >= 15 is 0 Å². The van der Waals surface area contributed by atoms with Gasteiger partial charge in [-0.1, -0.05) is 12.1 Å². The summed E-state index contributed by atoms with van der Waals surface area (Å²) in [7, 11) is 0.